The number of amides is 3. The van der Waals surface area contributed by atoms with Crippen LogP contribution in [0.5, 0.6) is 0 Å². The second-order valence-electron chi connectivity index (χ2n) is 4.22. The fourth-order valence-corrected chi connectivity index (χ4v) is 2.06. The molecule has 100 valence electrons. The molecule has 0 radical (unpaired) electrons. The zero-order valence-electron chi connectivity index (χ0n) is 9.77. The third kappa shape index (κ3) is 2.40. The minimum absolute atomic E-state index is 0.149. The highest BCUT2D eigenvalue weighted by atomic mass is 19.1. The number of hydrogen-bond acceptors (Lipinski definition) is 3. The van der Waals surface area contributed by atoms with Crippen LogP contribution in [0.2, 0.25) is 0 Å². The summed E-state index contributed by atoms with van der Waals surface area (Å²) in [4.78, 5) is 33.9. The Hall–Kier alpha value is -2.44. The number of nitrogens with one attached hydrogen (secondary N) is 2. The number of hydrogen-bond donors (Lipinski definition) is 3. The minimum atomic E-state index is -1.53. The number of halogens is 1. The molecule has 1 aliphatic heterocycles. The van der Waals surface area contributed by atoms with Crippen molar-refractivity contribution in [1.82, 2.24) is 10.6 Å². The molecule has 1 unspecified atom stereocenters. The third-order valence-corrected chi connectivity index (χ3v) is 2.97. The van der Waals surface area contributed by atoms with E-state index in [1.165, 1.54) is 18.2 Å². The molecule has 0 aliphatic carbocycles. The van der Waals surface area contributed by atoms with E-state index in [0.717, 1.165) is 6.07 Å². The Bertz CT molecular complexity index is 560. The van der Waals surface area contributed by atoms with Crippen LogP contribution in [0, 0.1) is 5.82 Å². The van der Waals surface area contributed by atoms with Crippen LogP contribution in [-0.4, -0.2) is 23.0 Å². The highest BCUT2D eigenvalue weighted by Gasteiger charge is 2.47. The van der Waals surface area contributed by atoms with Gasteiger partial charge in [0.1, 0.15) is 11.4 Å². The van der Waals surface area contributed by atoms with E-state index in [2.05, 4.69) is 5.32 Å². The lowest BCUT2D eigenvalue weighted by Crippen LogP contribution is -2.44. The normalized spacial score (nSPS) is 21.9. The summed E-state index contributed by atoms with van der Waals surface area (Å²) in [5.74, 6) is -2.35. The average Bonchev–Trinajstić information content (AvgIpc) is 2.62. The number of benzene rings is 1. The Morgan fingerprint density at radius 3 is 2.63 bits per heavy atom. The van der Waals surface area contributed by atoms with Gasteiger partial charge in [-0.2, -0.15) is 0 Å². The standard InChI is InChI=1S/C12H11FN2O4/c13-8-3-1-2-7(6-8)12(5-4-9(16)17)10(18)14-11(19)15-12/h1-3,6H,4-5H2,(H,16,17)(H2,14,15,18,19). The van der Waals surface area contributed by atoms with Crippen molar-refractivity contribution in [2.24, 2.45) is 0 Å². The van der Waals surface area contributed by atoms with Gasteiger partial charge in [-0.1, -0.05) is 12.1 Å². The maximum Gasteiger partial charge on any atom is 0.322 e. The van der Waals surface area contributed by atoms with Gasteiger partial charge in [-0.15, -0.1) is 0 Å². The molecule has 1 aromatic carbocycles. The molecule has 7 heteroatoms. The van der Waals surface area contributed by atoms with Crippen LogP contribution in [0.15, 0.2) is 24.3 Å². The summed E-state index contributed by atoms with van der Waals surface area (Å²) in [6, 6.07) is 4.44. The molecule has 1 atom stereocenters. The number of urea groups is 1. The van der Waals surface area contributed by atoms with Gasteiger partial charge in [0, 0.05) is 6.42 Å². The number of carboxylic acids is 1. The predicted molar refractivity (Wildman–Crippen MR) is 61.6 cm³/mol. The maximum atomic E-state index is 13.3. The van der Waals surface area contributed by atoms with Gasteiger partial charge in [0.05, 0.1) is 0 Å². The van der Waals surface area contributed by atoms with Crippen molar-refractivity contribution < 1.29 is 23.9 Å². The highest BCUT2D eigenvalue weighted by Crippen LogP contribution is 2.30. The van der Waals surface area contributed by atoms with E-state index in [9.17, 15) is 18.8 Å². The first-order valence-corrected chi connectivity index (χ1v) is 5.55. The van der Waals surface area contributed by atoms with Gasteiger partial charge in [-0.25, -0.2) is 9.18 Å². The minimum Gasteiger partial charge on any atom is -0.481 e. The predicted octanol–water partition coefficient (Wildman–Crippen LogP) is 0.725. The molecule has 3 amide bonds. The van der Waals surface area contributed by atoms with Crippen molar-refractivity contribution in [3.8, 4) is 0 Å². The van der Waals surface area contributed by atoms with E-state index in [4.69, 9.17) is 5.11 Å². The summed E-state index contributed by atoms with van der Waals surface area (Å²) in [7, 11) is 0. The summed E-state index contributed by atoms with van der Waals surface area (Å²) in [6.07, 6.45) is -0.479. The molecule has 1 fully saturated rings. The van der Waals surface area contributed by atoms with Crippen LogP contribution < -0.4 is 10.6 Å². The first-order valence-electron chi connectivity index (χ1n) is 5.55. The van der Waals surface area contributed by atoms with Gasteiger partial charge in [0.2, 0.25) is 0 Å². The lowest BCUT2D eigenvalue weighted by Gasteiger charge is -2.25. The second kappa shape index (κ2) is 4.68. The molecule has 0 bridgehead atoms. The van der Waals surface area contributed by atoms with Crippen molar-refractivity contribution in [3.05, 3.63) is 35.6 Å². The molecule has 2 rings (SSSR count). The molecule has 1 aromatic rings. The topological polar surface area (TPSA) is 95.5 Å². The molecule has 1 heterocycles. The Morgan fingerprint density at radius 1 is 1.37 bits per heavy atom. The number of rotatable bonds is 4. The molecule has 6 nitrogen and oxygen atoms in total. The fraction of sp³-hybridized carbons (Fsp3) is 0.250. The second-order valence-corrected chi connectivity index (χ2v) is 4.22. The highest BCUT2D eigenvalue weighted by molar-refractivity contribution is 6.07. The quantitative estimate of drug-likeness (QED) is 0.700. The van der Waals surface area contributed by atoms with Gasteiger partial charge >= 0.3 is 12.0 Å². The third-order valence-electron chi connectivity index (χ3n) is 2.97. The molecule has 0 aromatic heterocycles. The SMILES string of the molecule is O=C(O)CCC1(c2cccc(F)c2)NC(=O)NC1=O. The van der Waals surface area contributed by atoms with Crippen LogP contribution in [-0.2, 0) is 15.1 Å². The van der Waals surface area contributed by atoms with Crippen LogP contribution >= 0.6 is 0 Å². The van der Waals surface area contributed by atoms with E-state index >= 15 is 0 Å². The van der Waals surface area contributed by atoms with E-state index in [-0.39, 0.29) is 18.4 Å². The van der Waals surface area contributed by atoms with Gasteiger partial charge in [0.15, 0.2) is 0 Å². The number of imide groups is 1. The lowest BCUT2D eigenvalue weighted by molar-refractivity contribution is -0.137. The van der Waals surface area contributed by atoms with Gasteiger partial charge in [0.25, 0.3) is 5.91 Å². The molecule has 1 saturated heterocycles. The zero-order chi connectivity index (χ0) is 14.0. The Kier molecular flexibility index (Phi) is 3.20. The largest absolute Gasteiger partial charge is 0.481 e. The van der Waals surface area contributed by atoms with Crippen molar-refractivity contribution in [2.75, 3.05) is 0 Å². The summed E-state index contributed by atoms with van der Waals surface area (Å²) < 4.78 is 13.3. The molecule has 19 heavy (non-hydrogen) atoms. The van der Waals surface area contributed by atoms with Crippen molar-refractivity contribution >= 4 is 17.9 Å². The Balaban J connectivity index is 2.42. The van der Waals surface area contributed by atoms with E-state index < -0.39 is 29.3 Å². The number of carboxylic acid groups (broad SMARTS) is 1. The monoisotopic (exact) mass is 266 g/mol. The molecule has 1 aliphatic rings. The number of carbonyl (C=O) groups is 3. The molecular formula is C12H11FN2O4. The fourth-order valence-electron chi connectivity index (χ4n) is 2.06. The molecular weight excluding hydrogens is 255 g/mol. The van der Waals surface area contributed by atoms with Crippen LogP contribution in [0.1, 0.15) is 18.4 Å². The first kappa shape index (κ1) is 13.0. The smallest absolute Gasteiger partial charge is 0.322 e. The summed E-state index contributed by atoms with van der Waals surface area (Å²) in [6.45, 7) is 0. The van der Waals surface area contributed by atoms with Crippen LogP contribution in [0.4, 0.5) is 9.18 Å². The summed E-state index contributed by atoms with van der Waals surface area (Å²) >= 11 is 0. The molecule has 0 saturated carbocycles. The zero-order valence-corrected chi connectivity index (χ0v) is 9.77. The van der Waals surface area contributed by atoms with Gasteiger partial charge in [-0.05, 0) is 24.1 Å². The van der Waals surface area contributed by atoms with Crippen LogP contribution in [0.3, 0.4) is 0 Å². The first-order chi connectivity index (χ1) is 8.94. The molecule has 3 N–H and O–H groups in total. The summed E-state index contributed by atoms with van der Waals surface area (Å²) in [5, 5.41) is 13.2. The van der Waals surface area contributed by atoms with E-state index in [0.29, 0.717) is 0 Å². The van der Waals surface area contributed by atoms with E-state index in [1.54, 1.807) is 0 Å². The average molecular weight is 266 g/mol. The number of aliphatic carboxylic acids is 1. The maximum absolute atomic E-state index is 13.3. The number of carbonyl (C=O) groups excluding carboxylic acids is 2. The molecule has 0 spiro atoms. The van der Waals surface area contributed by atoms with E-state index in [1.807, 2.05) is 5.32 Å². The Labute approximate surface area is 107 Å². The van der Waals surface area contributed by atoms with Crippen LogP contribution in [0.25, 0.3) is 0 Å². The van der Waals surface area contributed by atoms with Gasteiger partial charge < -0.3 is 10.4 Å². The summed E-state index contributed by atoms with van der Waals surface area (Å²) in [5.41, 5.74) is -1.31. The van der Waals surface area contributed by atoms with Crippen molar-refractivity contribution in [3.63, 3.8) is 0 Å². The lowest BCUT2D eigenvalue weighted by atomic mass is 9.85. The Morgan fingerprint density at radius 2 is 2.11 bits per heavy atom. The van der Waals surface area contributed by atoms with Crippen molar-refractivity contribution in [1.29, 1.82) is 0 Å². The van der Waals surface area contributed by atoms with Crippen molar-refractivity contribution in [2.45, 2.75) is 18.4 Å². The van der Waals surface area contributed by atoms with Gasteiger partial charge in [-0.3, -0.25) is 14.9 Å².